The summed E-state index contributed by atoms with van der Waals surface area (Å²) in [7, 11) is 0. The van der Waals surface area contributed by atoms with Gasteiger partial charge in [-0.3, -0.25) is 0 Å². The number of phenolic OH excluding ortho intramolecular Hbond substituents is 1. The molecule has 60 valence electrons. The summed E-state index contributed by atoms with van der Waals surface area (Å²) in [6, 6.07) is 5.01. The summed E-state index contributed by atoms with van der Waals surface area (Å²) >= 11 is 0.406. The summed E-state index contributed by atoms with van der Waals surface area (Å²) < 4.78 is 2.61. The van der Waals surface area contributed by atoms with E-state index >= 15 is 0 Å². The van der Waals surface area contributed by atoms with Crippen LogP contribution >= 0.6 is 0 Å². The van der Waals surface area contributed by atoms with Gasteiger partial charge in [-0.25, -0.2) is 0 Å². The predicted octanol–water partition coefficient (Wildman–Crippen LogP) is 0.514. The number of aromatic hydroxyl groups is 1. The molecule has 1 rings (SSSR count). The van der Waals surface area contributed by atoms with Crippen LogP contribution in [0.5, 0.6) is 5.75 Å². The Morgan fingerprint density at radius 2 is 2.25 bits per heavy atom. The Labute approximate surface area is 86.9 Å². The zero-order valence-corrected chi connectivity index (χ0v) is 11.2. The van der Waals surface area contributed by atoms with Gasteiger partial charge in [-0.15, -0.1) is 0 Å². The third-order valence-electron chi connectivity index (χ3n) is 1.53. The Balaban J connectivity index is 3.09. The monoisotopic (exact) mass is 355 g/mol. The van der Waals surface area contributed by atoms with E-state index in [1.807, 2.05) is 6.92 Å². The quantitative estimate of drug-likeness (QED) is 0.722. The second-order valence-electron chi connectivity index (χ2n) is 2.49. The second-order valence-corrected chi connectivity index (χ2v) is 3.62. The molecule has 0 heterocycles. The van der Waals surface area contributed by atoms with Crippen LogP contribution in [0.1, 0.15) is 15.9 Å². The Bertz CT molecular complexity index is 312. The number of rotatable bonds is 1. The van der Waals surface area contributed by atoms with Crippen molar-refractivity contribution in [3.8, 4) is 5.75 Å². The van der Waals surface area contributed by atoms with Crippen molar-refractivity contribution in [1.82, 2.24) is 3.13 Å². The number of hydrogen-bond acceptors (Lipinski definition) is 2. The second kappa shape index (κ2) is 3.88. The fourth-order valence-corrected chi connectivity index (χ4v) is 1.52. The van der Waals surface area contributed by atoms with E-state index in [1.54, 1.807) is 18.2 Å². The number of benzene rings is 1. The van der Waals surface area contributed by atoms with Gasteiger partial charge in [0.15, 0.2) is 0 Å². The fraction of sp³-hybridized carbons (Fsp3) is 0.125. The molecule has 0 aliphatic heterocycles. The van der Waals surface area contributed by atoms with Crippen LogP contribution in [0.15, 0.2) is 18.2 Å². The molecule has 0 aliphatic rings. The van der Waals surface area contributed by atoms with E-state index in [9.17, 15) is 9.90 Å². The fourth-order valence-electron chi connectivity index (χ4n) is 0.911. The van der Waals surface area contributed by atoms with Crippen LogP contribution in [0, 0.1) is 6.92 Å². The molecule has 1 aromatic rings. The van der Waals surface area contributed by atoms with Gasteiger partial charge in [0.05, 0.1) is 0 Å². The standard InChI is InChI=1S/C8H9NO2.Tl/c1-5-2-3-6(8(9)11)7(10)4-5;/h2-4H,1H3,(H3,9,10,11);/q;+1/p-1. The minimum atomic E-state index is -0.197. The molecule has 0 spiro atoms. The van der Waals surface area contributed by atoms with Gasteiger partial charge in [-0.05, 0) is 0 Å². The van der Waals surface area contributed by atoms with E-state index in [0.29, 0.717) is 31.6 Å². The van der Waals surface area contributed by atoms with Gasteiger partial charge in [-0.1, -0.05) is 0 Å². The van der Waals surface area contributed by atoms with E-state index in [4.69, 9.17) is 0 Å². The number of phenols is 1. The number of carbonyl (C=O) groups excluding carboxylic acids is 1. The van der Waals surface area contributed by atoms with Gasteiger partial charge < -0.3 is 0 Å². The van der Waals surface area contributed by atoms with Crippen molar-refractivity contribution in [2.24, 2.45) is 0 Å². The Morgan fingerprint density at radius 3 is 2.75 bits per heavy atom. The summed E-state index contributed by atoms with van der Waals surface area (Å²) in [5, 5.41) is 9.35. The molecule has 0 aromatic heterocycles. The molecule has 4 heteroatoms. The Kier molecular flexibility index (Phi) is 3.07. The van der Waals surface area contributed by atoms with Crippen LogP contribution in [0.3, 0.4) is 0 Å². The van der Waals surface area contributed by atoms with Crippen LogP contribution in [-0.2, 0) is 0 Å². The summed E-state index contributed by atoms with van der Waals surface area (Å²) in [6.07, 6.45) is 0. The van der Waals surface area contributed by atoms with Crippen molar-refractivity contribution >= 4 is 32.0 Å². The van der Waals surface area contributed by atoms with Gasteiger partial charge in [-0.2, -0.15) is 0 Å². The molecule has 0 saturated carbocycles. The van der Waals surface area contributed by atoms with Crippen molar-refractivity contribution in [2.45, 2.75) is 6.92 Å². The first-order chi connectivity index (χ1) is 5.65. The normalized spacial score (nSPS) is 9.33. The Hall–Kier alpha value is -0.588. The molecule has 1 amide bonds. The first kappa shape index (κ1) is 9.50. The third kappa shape index (κ3) is 1.96. The molecular weight excluding hydrogens is 346 g/mol. The van der Waals surface area contributed by atoms with Crippen LogP contribution in [-0.4, -0.2) is 37.1 Å². The molecule has 0 bridgehead atoms. The van der Waals surface area contributed by atoms with Gasteiger partial charge in [0.2, 0.25) is 0 Å². The summed E-state index contributed by atoms with van der Waals surface area (Å²) in [4.78, 5) is 11.1. The van der Waals surface area contributed by atoms with Crippen LogP contribution in [0.4, 0.5) is 0 Å². The number of carbonyl (C=O) groups is 1. The molecule has 0 fully saturated rings. The molecule has 0 unspecified atom stereocenters. The van der Waals surface area contributed by atoms with Gasteiger partial charge in [0.1, 0.15) is 0 Å². The van der Waals surface area contributed by atoms with Crippen molar-refractivity contribution in [2.75, 3.05) is 0 Å². The Morgan fingerprint density at radius 1 is 1.58 bits per heavy atom. The molecule has 0 atom stereocenters. The molecule has 2 N–H and O–H groups in total. The predicted molar refractivity (Wildman–Crippen MR) is 46.1 cm³/mol. The maximum absolute atomic E-state index is 11.1. The zero-order valence-electron chi connectivity index (χ0n) is 6.66. The first-order valence-corrected chi connectivity index (χ1v) is 5.70. The average Bonchev–Trinajstić information content (AvgIpc) is 2.03. The molecular formula is C8H8NO2Tl. The van der Waals surface area contributed by atoms with Crippen LogP contribution in [0.25, 0.3) is 0 Å². The van der Waals surface area contributed by atoms with E-state index in [2.05, 4.69) is 3.13 Å². The average molecular weight is 355 g/mol. The summed E-state index contributed by atoms with van der Waals surface area (Å²) in [5.41, 5.74) is 1.29. The van der Waals surface area contributed by atoms with Crippen LogP contribution in [0.2, 0.25) is 0 Å². The molecule has 1 aromatic carbocycles. The number of hydrogen-bond donors (Lipinski definition) is 2. The third-order valence-corrected chi connectivity index (χ3v) is 2.55. The van der Waals surface area contributed by atoms with Crippen molar-refractivity contribution in [3.05, 3.63) is 29.3 Å². The van der Waals surface area contributed by atoms with Crippen molar-refractivity contribution < 1.29 is 9.90 Å². The first-order valence-electron chi connectivity index (χ1n) is 3.45. The zero-order chi connectivity index (χ0) is 9.14. The molecule has 3 nitrogen and oxygen atoms in total. The van der Waals surface area contributed by atoms with Gasteiger partial charge in [0.25, 0.3) is 0 Å². The molecule has 0 aliphatic carbocycles. The van der Waals surface area contributed by atoms with Crippen molar-refractivity contribution in [1.29, 1.82) is 0 Å². The molecule has 0 saturated heterocycles. The molecule has 0 radical (unpaired) electrons. The summed E-state index contributed by atoms with van der Waals surface area (Å²) in [5.74, 6) is -0.148. The SMILES string of the molecule is Cc1ccc(C(=O)[NH][Tl])c(O)c1. The molecule has 12 heavy (non-hydrogen) atoms. The van der Waals surface area contributed by atoms with Crippen LogP contribution < -0.4 is 3.13 Å². The van der Waals surface area contributed by atoms with E-state index in [0.717, 1.165) is 5.56 Å². The number of amides is 1. The van der Waals surface area contributed by atoms with E-state index < -0.39 is 0 Å². The summed E-state index contributed by atoms with van der Waals surface area (Å²) in [6.45, 7) is 1.86. The number of nitrogens with one attached hydrogen (secondary N) is 1. The maximum atomic E-state index is 11.1. The van der Waals surface area contributed by atoms with E-state index in [-0.39, 0.29) is 11.7 Å². The van der Waals surface area contributed by atoms with Crippen molar-refractivity contribution in [3.63, 3.8) is 0 Å². The minimum absolute atomic E-state index is 0.0492. The van der Waals surface area contributed by atoms with Gasteiger partial charge in [0, 0.05) is 0 Å². The number of aryl methyl sites for hydroxylation is 1. The topological polar surface area (TPSA) is 49.3 Å². The van der Waals surface area contributed by atoms with Gasteiger partial charge >= 0.3 is 87.0 Å². The van der Waals surface area contributed by atoms with E-state index in [1.165, 1.54) is 0 Å².